The Hall–Kier alpha value is -1.87. The minimum atomic E-state index is 0. The Morgan fingerprint density at radius 1 is 1.25 bits per heavy atom. The number of hydrogen-bond acceptors (Lipinski definition) is 4. The molecule has 1 saturated heterocycles. The highest BCUT2D eigenvalue weighted by Gasteiger charge is 2.16. The summed E-state index contributed by atoms with van der Waals surface area (Å²) in [5.74, 6) is 2.25. The molecule has 6 nitrogen and oxygen atoms in total. The Balaban J connectivity index is 0.00000280. The van der Waals surface area contributed by atoms with Gasteiger partial charge in [0.1, 0.15) is 5.82 Å². The number of piperidine rings is 1. The summed E-state index contributed by atoms with van der Waals surface area (Å²) in [4.78, 5) is 11.4. The Bertz CT molecular complexity index is 758. The second-order valence-corrected chi connectivity index (χ2v) is 7.11. The molecular formula is C21H30IN5O. The summed E-state index contributed by atoms with van der Waals surface area (Å²) in [5, 5.41) is 3.15. The lowest BCUT2D eigenvalue weighted by atomic mass is 9.99. The van der Waals surface area contributed by atoms with Gasteiger partial charge in [-0.2, -0.15) is 0 Å². The summed E-state index contributed by atoms with van der Waals surface area (Å²) in [6.07, 6.45) is 4.37. The van der Waals surface area contributed by atoms with Gasteiger partial charge in [-0.3, -0.25) is 0 Å². The molecule has 0 unspecified atom stereocenters. The molecule has 0 aliphatic carbocycles. The van der Waals surface area contributed by atoms with E-state index < -0.39 is 0 Å². The molecular weight excluding hydrogens is 465 g/mol. The molecule has 0 amide bonds. The first-order valence-corrected chi connectivity index (χ1v) is 9.49. The van der Waals surface area contributed by atoms with Gasteiger partial charge < -0.3 is 20.7 Å². The van der Waals surface area contributed by atoms with E-state index in [1.807, 2.05) is 30.5 Å². The highest BCUT2D eigenvalue weighted by molar-refractivity contribution is 14.0. The van der Waals surface area contributed by atoms with E-state index in [1.165, 1.54) is 12.8 Å². The van der Waals surface area contributed by atoms with E-state index in [-0.39, 0.29) is 24.0 Å². The fraction of sp³-hybridized carbons (Fsp3) is 0.429. The van der Waals surface area contributed by atoms with E-state index in [0.29, 0.717) is 19.1 Å². The van der Waals surface area contributed by atoms with E-state index in [2.05, 4.69) is 39.2 Å². The van der Waals surface area contributed by atoms with E-state index in [9.17, 15) is 0 Å². The number of guanidine groups is 1. The first-order valence-electron chi connectivity index (χ1n) is 9.49. The number of rotatable bonds is 6. The van der Waals surface area contributed by atoms with Crippen molar-refractivity contribution >= 4 is 41.4 Å². The molecule has 7 heteroatoms. The summed E-state index contributed by atoms with van der Waals surface area (Å²) < 4.78 is 5.21. The lowest BCUT2D eigenvalue weighted by Crippen LogP contribution is -2.33. The number of hydrogen-bond donors (Lipinski definition) is 2. The number of ether oxygens (including phenoxy) is 1. The second kappa shape index (κ2) is 11.2. The van der Waals surface area contributed by atoms with Crippen molar-refractivity contribution in [3.63, 3.8) is 0 Å². The molecule has 0 atom stereocenters. The second-order valence-electron chi connectivity index (χ2n) is 7.11. The predicted octanol–water partition coefficient (Wildman–Crippen LogP) is 4.01. The normalized spacial score (nSPS) is 15.2. The van der Waals surface area contributed by atoms with Crippen LogP contribution in [0.1, 0.15) is 30.9 Å². The summed E-state index contributed by atoms with van der Waals surface area (Å²) in [6, 6.07) is 12.1. The van der Waals surface area contributed by atoms with Crippen LogP contribution < -0.4 is 16.0 Å². The van der Waals surface area contributed by atoms with E-state index in [4.69, 9.17) is 10.5 Å². The fourth-order valence-corrected chi connectivity index (χ4v) is 3.21. The van der Waals surface area contributed by atoms with Crippen LogP contribution >= 0.6 is 24.0 Å². The SMILES string of the molecule is COCc1ccccc1NC(N)=NCc1ccc(N2CCC(C)CC2)nc1.I. The first kappa shape index (κ1) is 22.4. The Kier molecular flexibility index (Phi) is 8.98. The summed E-state index contributed by atoms with van der Waals surface area (Å²) >= 11 is 0. The molecule has 1 aromatic carbocycles. The molecule has 1 aliphatic heterocycles. The Labute approximate surface area is 184 Å². The van der Waals surface area contributed by atoms with Crippen molar-refractivity contribution in [1.29, 1.82) is 0 Å². The molecule has 1 aliphatic rings. The third-order valence-corrected chi connectivity index (χ3v) is 4.93. The van der Waals surface area contributed by atoms with Gasteiger partial charge >= 0.3 is 0 Å². The highest BCUT2D eigenvalue weighted by Crippen LogP contribution is 2.21. The van der Waals surface area contributed by atoms with Gasteiger partial charge in [-0.15, -0.1) is 24.0 Å². The summed E-state index contributed by atoms with van der Waals surface area (Å²) in [5.41, 5.74) is 9.04. The van der Waals surface area contributed by atoms with Crippen LogP contribution in [-0.4, -0.2) is 31.1 Å². The molecule has 1 fully saturated rings. The van der Waals surface area contributed by atoms with Gasteiger partial charge in [0.25, 0.3) is 0 Å². The largest absolute Gasteiger partial charge is 0.380 e. The van der Waals surface area contributed by atoms with E-state index >= 15 is 0 Å². The predicted molar refractivity (Wildman–Crippen MR) is 126 cm³/mol. The van der Waals surface area contributed by atoms with Gasteiger partial charge in [-0.05, 0) is 36.5 Å². The lowest BCUT2D eigenvalue weighted by molar-refractivity contribution is 0.185. The summed E-state index contributed by atoms with van der Waals surface area (Å²) in [6.45, 7) is 5.51. The summed E-state index contributed by atoms with van der Waals surface area (Å²) in [7, 11) is 1.68. The minimum absolute atomic E-state index is 0. The number of aliphatic imine (C=N–C) groups is 1. The van der Waals surface area contributed by atoms with Crippen molar-refractivity contribution in [3.05, 3.63) is 53.7 Å². The van der Waals surface area contributed by atoms with Crippen LogP contribution in [0.2, 0.25) is 0 Å². The fourth-order valence-electron chi connectivity index (χ4n) is 3.21. The standard InChI is InChI=1S/C21H29N5O.HI/c1-16-9-11-26(12-10-16)20-8-7-17(13-23-20)14-24-21(22)25-19-6-4-3-5-18(19)15-27-2;/h3-8,13,16H,9-12,14-15H2,1-2H3,(H3,22,24,25);1H. The lowest BCUT2D eigenvalue weighted by Gasteiger charge is -2.31. The molecule has 0 radical (unpaired) electrons. The van der Waals surface area contributed by atoms with Gasteiger partial charge in [0.15, 0.2) is 5.96 Å². The molecule has 0 saturated carbocycles. The monoisotopic (exact) mass is 495 g/mol. The van der Waals surface area contributed by atoms with Gasteiger partial charge in [0.05, 0.1) is 13.2 Å². The smallest absolute Gasteiger partial charge is 0.193 e. The molecule has 3 N–H and O–H groups in total. The van der Waals surface area contributed by atoms with Crippen LogP contribution in [0.3, 0.4) is 0 Å². The van der Waals surface area contributed by atoms with Crippen molar-refractivity contribution in [1.82, 2.24) is 4.98 Å². The number of pyridine rings is 1. The number of para-hydroxylation sites is 1. The number of halogens is 1. The van der Waals surface area contributed by atoms with Crippen LogP contribution in [0.25, 0.3) is 0 Å². The van der Waals surface area contributed by atoms with Crippen LogP contribution in [0.15, 0.2) is 47.6 Å². The molecule has 1 aromatic heterocycles. The van der Waals surface area contributed by atoms with Gasteiger partial charge in [0.2, 0.25) is 0 Å². The zero-order valence-corrected chi connectivity index (χ0v) is 18.9. The number of anilines is 2. The first-order chi connectivity index (χ1) is 13.2. The van der Waals surface area contributed by atoms with Crippen molar-refractivity contribution in [2.75, 3.05) is 30.4 Å². The molecule has 0 spiro atoms. The van der Waals surface area contributed by atoms with Crippen molar-refractivity contribution in [2.24, 2.45) is 16.6 Å². The molecule has 2 aromatic rings. The molecule has 152 valence electrons. The number of nitrogens with one attached hydrogen (secondary N) is 1. The van der Waals surface area contributed by atoms with E-state index in [1.54, 1.807) is 7.11 Å². The molecule has 0 bridgehead atoms. The number of aromatic nitrogens is 1. The van der Waals surface area contributed by atoms with Crippen molar-refractivity contribution in [2.45, 2.75) is 32.9 Å². The maximum absolute atomic E-state index is 6.05. The zero-order chi connectivity index (χ0) is 19.1. The number of benzene rings is 1. The molecule has 2 heterocycles. The van der Waals surface area contributed by atoms with Gasteiger partial charge in [-0.1, -0.05) is 31.2 Å². The van der Waals surface area contributed by atoms with E-state index in [0.717, 1.165) is 41.6 Å². The number of methoxy groups -OCH3 is 1. The Morgan fingerprint density at radius 2 is 2.00 bits per heavy atom. The molecule has 28 heavy (non-hydrogen) atoms. The highest BCUT2D eigenvalue weighted by atomic mass is 127. The average molecular weight is 495 g/mol. The quantitative estimate of drug-likeness (QED) is 0.360. The number of nitrogens with two attached hydrogens (primary N) is 1. The number of nitrogens with zero attached hydrogens (tertiary/aromatic N) is 3. The van der Waals surface area contributed by atoms with Crippen molar-refractivity contribution in [3.8, 4) is 0 Å². The van der Waals surface area contributed by atoms with Crippen LogP contribution in [0, 0.1) is 5.92 Å². The minimum Gasteiger partial charge on any atom is -0.380 e. The average Bonchev–Trinajstić information content (AvgIpc) is 2.69. The van der Waals surface area contributed by atoms with Crippen LogP contribution in [0.4, 0.5) is 11.5 Å². The van der Waals surface area contributed by atoms with Gasteiger partial charge in [0, 0.05) is 37.6 Å². The van der Waals surface area contributed by atoms with Gasteiger partial charge in [-0.25, -0.2) is 9.98 Å². The van der Waals surface area contributed by atoms with Crippen molar-refractivity contribution < 1.29 is 4.74 Å². The Morgan fingerprint density at radius 3 is 2.68 bits per heavy atom. The zero-order valence-electron chi connectivity index (χ0n) is 16.6. The third-order valence-electron chi connectivity index (χ3n) is 4.93. The third kappa shape index (κ3) is 6.34. The van der Waals surface area contributed by atoms with Crippen LogP contribution in [-0.2, 0) is 17.9 Å². The topological polar surface area (TPSA) is 75.8 Å². The maximum Gasteiger partial charge on any atom is 0.193 e. The molecule has 3 rings (SSSR count). The maximum atomic E-state index is 6.05. The van der Waals surface area contributed by atoms with Crippen LogP contribution in [0.5, 0.6) is 0 Å².